The van der Waals surface area contributed by atoms with Crippen LogP contribution in [0, 0.1) is 6.92 Å². The third-order valence-electron chi connectivity index (χ3n) is 5.72. The lowest BCUT2D eigenvalue weighted by Gasteiger charge is -2.31. The number of ether oxygens (including phenoxy) is 2. The molecule has 0 unspecified atom stereocenters. The molecule has 2 rings (SSSR count). The number of aryl methyl sites for hydroxylation is 1. The van der Waals surface area contributed by atoms with Crippen molar-refractivity contribution in [2.75, 3.05) is 46.9 Å². The summed E-state index contributed by atoms with van der Waals surface area (Å²) in [6.45, 7) is 14.1. The third kappa shape index (κ3) is 6.11. The summed E-state index contributed by atoms with van der Waals surface area (Å²) in [6, 6.07) is 4.15. The van der Waals surface area contributed by atoms with Gasteiger partial charge in [-0.15, -0.1) is 0 Å². The minimum absolute atomic E-state index is 0.117. The molecule has 0 aliphatic carbocycles. The molecule has 1 fully saturated rings. The predicted molar refractivity (Wildman–Crippen MR) is 107 cm³/mol. The second kappa shape index (κ2) is 9.42. The van der Waals surface area contributed by atoms with Crippen LogP contribution in [0.2, 0.25) is 0 Å². The van der Waals surface area contributed by atoms with Crippen molar-refractivity contribution in [3.8, 4) is 11.5 Å². The lowest BCUT2D eigenvalue weighted by molar-refractivity contribution is -1.02. The van der Waals surface area contributed by atoms with E-state index in [-0.39, 0.29) is 11.4 Å². The molecule has 1 saturated heterocycles. The quantitative estimate of drug-likeness (QED) is 0.576. The van der Waals surface area contributed by atoms with Gasteiger partial charge in [0.25, 0.3) is 5.91 Å². The van der Waals surface area contributed by atoms with Crippen molar-refractivity contribution >= 4 is 5.91 Å². The molecule has 0 atom stereocenters. The molecular formula is C21H37N3O3+2. The van der Waals surface area contributed by atoms with Crippen LogP contribution in [0.5, 0.6) is 11.5 Å². The number of rotatable bonds is 8. The van der Waals surface area contributed by atoms with E-state index in [9.17, 15) is 4.79 Å². The molecule has 1 aromatic carbocycles. The van der Waals surface area contributed by atoms with E-state index in [2.05, 4.69) is 45.1 Å². The molecule has 6 heteroatoms. The van der Waals surface area contributed by atoms with Crippen LogP contribution in [-0.2, 0) is 11.3 Å². The van der Waals surface area contributed by atoms with Crippen molar-refractivity contribution < 1.29 is 24.1 Å². The number of hydrogen-bond acceptors (Lipinski definition) is 3. The van der Waals surface area contributed by atoms with Gasteiger partial charge >= 0.3 is 0 Å². The van der Waals surface area contributed by atoms with Crippen LogP contribution in [0.25, 0.3) is 0 Å². The summed E-state index contributed by atoms with van der Waals surface area (Å²) in [5, 5.41) is 3.14. The van der Waals surface area contributed by atoms with Gasteiger partial charge in [0.15, 0.2) is 18.0 Å². The second-order valence-electron chi connectivity index (χ2n) is 8.27. The standard InChI is InChI=1S/C21H35N3O3/c1-7-21(3,4)22-20(25)15-24-10-8-23(9-11-24)14-17-13-19(27-6)18(26-5)12-16(17)2/h12-13H,7-11,14-15H2,1-6H3,(H,22,25)/p+2. The zero-order valence-corrected chi connectivity index (χ0v) is 17.8. The minimum atomic E-state index is -0.117. The van der Waals surface area contributed by atoms with Crippen molar-refractivity contribution in [2.45, 2.75) is 46.2 Å². The first-order valence-corrected chi connectivity index (χ1v) is 9.97. The Morgan fingerprint density at radius 1 is 1.07 bits per heavy atom. The molecule has 27 heavy (non-hydrogen) atoms. The summed E-state index contributed by atoms with van der Waals surface area (Å²) in [5.41, 5.74) is 2.42. The van der Waals surface area contributed by atoms with Crippen molar-refractivity contribution in [2.24, 2.45) is 0 Å². The molecular weight excluding hydrogens is 342 g/mol. The molecule has 3 N–H and O–H groups in total. The van der Waals surface area contributed by atoms with Gasteiger partial charge in [-0.05, 0) is 44.9 Å². The molecule has 1 heterocycles. The number of quaternary nitrogens is 2. The molecule has 6 nitrogen and oxygen atoms in total. The summed E-state index contributed by atoms with van der Waals surface area (Å²) in [5.74, 6) is 1.73. The van der Waals surface area contributed by atoms with Gasteiger partial charge in [0.2, 0.25) is 0 Å². The fraction of sp³-hybridized carbons (Fsp3) is 0.667. The number of carbonyl (C=O) groups is 1. The van der Waals surface area contributed by atoms with Gasteiger partial charge < -0.3 is 24.6 Å². The average Bonchev–Trinajstić information content (AvgIpc) is 2.64. The fourth-order valence-corrected chi connectivity index (χ4v) is 3.53. The van der Waals surface area contributed by atoms with E-state index in [0.29, 0.717) is 6.54 Å². The summed E-state index contributed by atoms with van der Waals surface area (Å²) >= 11 is 0. The fourth-order valence-electron chi connectivity index (χ4n) is 3.53. The highest BCUT2D eigenvalue weighted by atomic mass is 16.5. The normalized spacial score (nSPS) is 20.2. The maximum Gasteiger partial charge on any atom is 0.275 e. The highest BCUT2D eigenvalue weighted by Gasteiger charge is 2.27. The Bertz CT molecular complexity index is 638. The number of amides is 1. The van der Waals surface area contributed by atoms with Crippen molar-refractivity contribution in [3.63, 3.8) is 0 Å². The number of carbonyl (C=O) groups excluding carboxylic acids is 1. The van der Waals surface area contributed by atoms with Crippen LogP contribution in [0.3, 0.4) is 0 Å². The zero-order valence-electron chi connectivity index (χ0n) is 17.8. The zero-order chi connectivity index (χ0) is 20.0. The van der Waals surface area contributed by atoms with E-state index in [0.717, 1.165) is 50.6 Å². The van der Waals surface area contributed by atoms with Gasteiger partial charge in [-0.25, -0.2) is 0 Å². The lowest BCUT2D eigenvalue weighted by Crippen LogP contribution is -3.28. The van der Waals surface area contributed by atoms with E-state index in [1.807, 2.05) is 0 Å². The monoisotopic (exact) mass is 379 g/mol. The van der Waals surface area contributed by atoms with Crippen LogP contribution >= 0.6 is 0 Å². The summed E-state index contributed by atoms with van der Waals surface area (Å²) in [4.78, 5) is 15.2. The third-order valence-corrected chi connectivity index (χ3v) is 5.72. The first-order valence-electron chi connectivity index (χ1n) is 9.97. The maximum absolute atomic E-state index is 12.3. The number of methoxy groups -OCH3 is 2. The molecule has 1 amide bonds. The Balaban J connectivity index is 1.87. The number of nitrogens with one attached hydrogen (secondary N) is 3. The summed E-state index contributed by atoms with van der Waals surface area (Å²) in [6.07, 6.45) is 0.941. The number of piperazine rings is 1. The van der Waals surface area contributed by atoms with E-state index in [4.69, 9.17) is 9.47 Å². The first kappa shape index (κ1) is 21.5. The Hall–Kier alpha value is -1.79. The Labute approximate surface area is 163 Å². The van der Waals surface area contributed by atoms with E-state index in [1.165, 1.54) is 16.0 Å². The number of hydrogen-bond donors (Lipinski definition) is 3. The maximum atomic E-state index is 12.3. The summed E-state index contributed by atoms with van der Waals surface area (Å²) in [7, 11) is 3.35. The van der Waals surface area contributed by atoms with Gasteiger partial charge in [-0.2, -0.15) is 0 Å². The molecule has 1 aliphatic heterocycles. The van der Waals surface area contributed by atoms with Gasteiger partial charge in [-0.3, -0.25) is 4.79 Å². The Morgan fingerprint density at radius 2 is 1.63 bits per heavy atom. The molecule has 152 valence electrons. The largest absolute Gasteiger partial charge is 0.493 e. The highest BCUT2D eigenvalue weighted by Crippen LogP contribution is 2.29. The van der Waals surface area contributed by atoms with Crippen LogP contribution in [0.15, 0.2) is 12.1 Å². The highest BCUT2D eigenvalue weighted by molar-refractivity contribution is 5.77. The Kier molecular flexibility index (Phi) is 7.50. The molecule has 0 bridgehead atoms. The summed E-state index contributed by atoms with van der Waals surface area (Å²) < 4.78 is 10.8. The van der Waals surface area contributed by atoms with E-state index >= 15 is 0 Å². The van der Waals surface area contributed by atoms with Crippen LogP contribution in [0.4, 0.5) is 0 Å². The topological polar surface area (TPSA) is 56.4 Å². The SMILES string of the molecule is CCC(C)(C)NC(=O)C[NH+]1CC[NH+](Cc2cc(OC)c(OC)cc2C)CC1. The molecule has 1 aliphatic rings. The van der Waals surface area contributed by atoms with Gasteiger partial charge in [-0.1, -0.05) is 6.92 Å². The van der Waals surface area contributed by atoms with Crippen LogP contribution in [-0.4, -0.2) is 58.4 Å². The lowest BCUT2D eigenvalue weighted by atomic mass is 10.0. The molecule has 0 saturated carbocycles. The molecule has 0 spiro atoms. The molecule has 0 radical (unpaired) electrons. The van der Waals surface area contributed by atoms with E-state index < -0.39 is 0 Å². The number of benzene rings is 1. The van der Waals surface area contributed by atoms with Crippen molar-refractivity contribution in [3.05, 3.63) is 23.3 Å². The average molecular weight is 380 g/mol. The van der Waals surface area contributed by atoms with Crippen LogP contribution < -0.4 is 24.6 Å². The molecule has 1 aromatic rings. The molecule has 0 aromatic heterocycles. The smallest absolute Gasteiger partial charge is 0.275 e. The van der Waals surface area contributed by atoms with Crippen LogP contribution in [0.1, 0.15) is 38.3 Å². The first-order chi connectivity index (χ1) is 12.8. The Morgan fingerprint density at radius 3 is 2.19 bits per heavy atom. The predicted octanol–water partition coefficient (Wildman–Crippen LogP) is -0.400. The second-order valence-corrected chi connectivity index (χ2v) is 8.27. The van der Waals surface area contributed by atoms with E-state index in [1.54, 1.807) is 19.1 Å². The van der Waals surface area contributed by atoms with Crippen molar-refractivity contribution in [1.29, 1.82) is 0 Å². The van der Waals surface area contributed by atoms with Crippen molar-refractivity contribution in [1.82, 2.24) is 5.32 Å². The van der Waals surface area contributed by atoms with Gasteiger partial charge in [0, 0.05) is 11.1 Å². The van der Waals surface area contributed by atoms with Gasteiger partial charge in [0.1, 0.15) is 32.7 Å². The van der Waals surface area contributed by atoms with Gasteiger partial charge in [0.05, 0.1) is 14.2 Å². The minimum Gasteiger partial charge on any atom is -0.493 e.